The van der Waals surface area contributed by atoms with E-state index in [1.54, 1.807) is 0 Å². The Labute approximate surface area is 151 Å². The molecule has 140 valence electrons. The number of nitrogens with zero attached hydrogens (tertiary/aromatic N) is 1. The van der Waals surface area contributed by atoms with Gasteiger partial charge < -0.3 is 19.7 Å². The Balaban J connectivity index is 2.14. The minimum absolute atomic E-state index is 0.197. The molecule has 0 radical (unpaired) electrons. The van der Waals surface area contributed by atoms with Gasteiger partial charge in [0.1, 0.15) is 6.04 Å². The highest BCUT2D eigenvalue weighted by Gasteiger charge is 2.35. The summed E-state index contributed by atoms with van der Waals surface area (Å²) in [6.07, 6.45) is 0.482. The number of hydrogen-bond acceptors (Lipinski definition) is 6. The summed E-state index contributed by atoms with van der Waals surface area (Å²) in [4.78, 5) is 49.7. The second-order valence-electron chi connectivity index (χ2n) is 5.80. The molecule has 26 heavy (non-hydrogen) atoms. The number of esters is 2. The Bertz CT molecular complexity index is 685. The van der Waals surface area contributed by atoms with Gasteiger partial charge in [-0.05, 0) is 30.7 Å². The molecule has 1 saturated heterocycles. The first-order valence-electron chi connectivity index (χ1n) is 8.40. The van der Waals surface area contributed by atoms with Crippen molar-refractivity contribution in [3.8, 4) is 0 Å². The van der Waals surface area contributed by atoms with Crippen LogP contribution in [0.3, 0.4) is 0 Å². The van der Waals surface area contributed by atoms with Crippen LogP contribution < -0.4 is 5.32 Å². The van der Waals surface area contributed by atoms with Crippen molar-refractivity contribution in [1.29, 1.82) is 0 Å². The van der Waals surface area contributed by atoms with Gasteiger partial charge in [-0.2, -0.15) is 0 Å². The van der Waals surface area contributed by atoms with E-state index in [1.807, 2.05) is 6.92 Å². The number of amides is 2. The number of methoxy groups -OCH3 is 1. The molecule has 1 aromatic rings. The molecular weight excluding hydrogens is 340 g/mol. The van der Waals surface area contributed by atoms with E-state index in [9.17, 15) is 19.2 Å². The molecule has 1 aliphatic heterocycles. The summed E-state index contributed by atoms with van der Waals surface area (Å²) in [7, 11) is 1.27. The van der Waals surface area contributed by atoms with Gasteiger partial charge in [0.15, 0.2) is 0 Å². The SMILES string of the molecule is CCCOC(=O)CC1C(=O)NCCN1C(=O)c1ccc(C(=O)OC)cc1. The Morgan fingerprint density at radius 1 is 1.19 bits per heavy atom. The van der Waals surface area contributed by atoms with Crippen molar-refractivity contribution in [1.82, 2.24) is 10.2 Å². The highest BCUT2D eigenvalue weighted by molar-refractivity contribution is 6.00. The van der Waals surface area contributed by atoms with E-state index in [0.29, 0.717) is 24.1 Å². The van der Waals surface area contributed by atoms with Crippen molar-refractivity contribution >= 4 is 23.8 Å². The van der Waals surface area contributed by atoms with Gasteiger partial charge in [-0.15, -0.1) is 0 Å². The summed E-state index contributed by atoms with van der Waals surface area (Å²) in [6, 6.07) is 5.03. The molecule has 1 N–H and O–H groups in total. The van der Waals surface area contributed by atoms with E-state index in [1.165, 1.54) is 36.3 Å². The molecule has 0 aromatic heterocycles. The lowest BCUT2D eigenvalue weighted by Gasteiger charge is -2.34. The van der Waals surface area contributed by atoms with Crippen LogP contribution >= 0.6 is 0 Å². The molecule has 0 bridgehead atoms. The molecule has 8 nitrogen and oxygen atoms in total. The topological polar surface area (TPSA) is 102 Å². The summed E-state index contributed by atoms with van der Waals surface area (Å²) in [6.45, 7) is 2.74. The maximum absolute atomic E-state index is 12.8. The molecular formula is C18H22N2O6. The van der Waals surface area contributed by atoms with Crippen LogP contribution in [-0.2, 0) is 19.1 Å². The summed E-state index contributed by atoms with van der Waals surface area (Å²) in [5.74, 6) is -1.79. The fraction of sp³-hybridized carbons (Fsp3) is 0.444. The van der Waals surface area contributed by atoms with Crippen LogP contribution in [0.25, 0.3) is 0 Å². The number of carbonyl (C=O) groups is 4. The monoisotopic (exact) mass is 362 g/mol. The predicted molar refractivity (Wildman–Crippen MR) is 91.5 cm³/mol. The summed E-state index contributed by atoms with van der Waals surface area (Å²) < 4.78 is 9.64. The van der Waals surface area contributed by atoms with Gasteiger partial charge in [0.2, 0.25) is 5.91 Å². The highest BCUT2D eigenvalue weighted by Crippen LogP contribution is 2.16. The molecule has 0 spiro atoms. The molecule has 8 heteroatoms. The van der Waals surface area contributed by atoms with Crippen LogP contribution in [0.2, 0.25) is 0 Å². The number of nitrogens with one attached hydrogen (secondary N) is 1. The van der Waals surface area contributed by atoms with Crippen molar-refractivity contribution < 1.29 is 28.7 Å². The van der Waals surface area contributed by atoms with E-state index in [4.69, 9.17) is 4.74 Å². The second kappa shape index (κ2) is 8.98. The standard InChI is InChI=1S/C18H22N2O6/c1-3-10-26-15(21)11-14-16(22)19-8-9-20(14)17(23)12-4-6-13(7-5-12)18(24)25-2/h4-7,14H,3,8-11H2,1-2H3,(H,19,22). The Morgan fingerprint density at radius 2 is 1.85 bits per heavy atom. The van der Waals surface area contributed by atoms with Gasteiger partial charge in [0, 0.05) is 18.7 Å². The predicted octanol–water partition coefficient (Wildman–Crippen LogP) is 0.757. The third kappa shape index (κ3) is 4.59. The third-order valence-corrected chi connectivity index (χ3v) is 3.97. The van der Waals surface area contributed by atoms with Crippen molar-refractivity contribution in [2.75, 3.05) is 26.8 Å². The van der Waals surface area contributed by atoms with E-state index < -0.39 is 18.0 Å². The van der Waals surface area contributed by atoms with Crippen LogP contribution in [0.4, 0.5) is 0 Å². The highest BCUT2D eigenvalue weighted by atomic mass is 16.5. The minimum Gasteiger partial charge on any atom is -0.466 e. The lowest BCUT2D eigenvalue weighted by Crippen LogP contribution is -2.57. The first kappa shape index (κ1) is 19.4. The number of carbonyl (C=O) groups excluding carboxylic acids is 4. The Kier molecular flexibility index (Phi) is 6.71. The molecule has 1 fully saturated rings. The molecule has 1 heterocycles. The molecule has 0 aliphatic carbocycles. The van der Waals surface area contributed by atoms with Crippen LogP contribution in [0, 0.1) is 0 Å². The van der Waals surface area contributed by atoms with Crippen molar-refractivity contribution in [2.24, 2.45) is 0 Å². The summed E-state index contributed by atoms with van der Waals surface area (Å²) in [5, 5.41) is 2.66. The zero-order valence-corrected chi connectivity index (χ0v) is 14.8. The zero-order valence-electron chi connectivity index (χ0n) is 14.8. The Hall–Kier alpha value is -2.90. The van der Waals surface area contributed by atoms with Crippen LogP contribution in [0.15, 0.2) is 24.3 Å². The fourth-order valence-electron chi connectivity index (χ4n) is 2.63. The number of benzene rings is 1. The third-order valence-electron chi connectivity index (χ3n) is 3.97. The van der Waals surface area contributed by atoms with Crippen LogP contribution in [0.5, 0.6) is 0 Å². The van der Waals surface area contributed by atoms with Gasteiger partial charge in [0.05, 0.1) is 25.7 Å². The number of hydrogen-bond donors (Lipinski definition) is 1. The molecule has 1 atom stereocenters. The maximum atomic E-state index is 12.8. The zero-order chi connectivity index (χ0) is 19.1. The first-order valence-corrected chi connectivity index (χ1v) is 8.40. The largest absolute Gasteiger partial charge is 0.466 e. The maximum Gasteiger partial charge on any atom is 0.337 e. The van der Waals surface area contributed by atoms with Crippen molar-refractivity contribution in [3.63, 3.8) is 0 Å². The summed E-state index contributed by atoms with van der Waals surface area (Å²) in [5.41, 5.74) is 0.638. The average molecular weight is 362 g/mol. The van der Waals surface area contributed by atoms with E-state index >= 15 is 0 Å². The molecule has 2 rings (SSSR count). The lowest BCUT2D eigenvalue weighted by atomic mass is 10.1. The molecule has 1 aliphatic rings. The number of piperazine rings is 1. The minimum atomic E-state index is -0.916. The molecule has 2 amide bonds. The first-order chi connectivity index (χ1) is 12.5. The lowest BCUT2D eigenvalue weighted by molar-refractivity contribution is -0.147. The Morgan fingerprint density at radius 3 is 2.46 bits per heavy atom. The van der Waals surface area contributed by atoms with Gasteiger partial charge >= 0.3 is 11.9 Å². The summed E-state index contributed by atoms with van der Waals surface area (Å²) >= 11 is 0. The fourth-order valence-corrected chi connectivity index (χ4v) is 2.63. The number of ether oxygens (including phenoxy) is 2. The molecule has 1 aromatic carbocycles. The smallest absolute Gasteiger partial charge is 0.337 e. The quantitative estimate of drug-likeness (QED) is 0.750. The van der Waals surface area contributed by atoms with Crippen molar-refractivity contribution in [3.05, 3.63) is 35.4 Å². The van der Waals surface area contributed by atoms with Crippen LogP contribution in [0.1, 0.15) is 40.5 Å². The normalized spacial score (nSPS) is 16.6. The van der Waals surface area contributed by atoms with Gasteiger partial charge in [-0.3, -0.25) is 14.4 Å². The van der Waals surface area contributed by atoms with Crippen LogP contribution in [-0.4, -0.2) is 61.5 Å². The second-order valence-corrected chi connectivity index (χ2v) is 5.80. The average Bonchev–Trinajstić information content (AvgIpc) is 2.66. The van der Waals surface area contributed by atoms with E-state index in [0.717, 1.165) is 0 Å². The van der Waals surface area contributed by atoms with E-state index in [2.05, 4.69) is 10.1 Å². The molecule has 1 unspecified atom stereocenters. The van der Waals surface area contributed by atoms with Crippen molar-refractivity contribution in [2.45, 2.75) is 25.8 Å². The van der Waals surface area contributed by atoms with Gasteiger partial charge in [0.25, 0.3) is 5.91 Å². The van der Waals surface area contributed by atoms with Gasteiger partial charge in [-0.1, -0.05) is 6.92 Å². The molecule has 0 saturated carbocycles. The van der Waals surface area contributed by atoms with E-state index in [-0.39, 0.29) is 31.4 Å². The number of rotatable bonds is 6. The van der Waals surface area contributed by atoms with Gasteiger partial charge in [-0.25, -0.2) is 4.79 Å².